The van der Waals surface area contributed by atoms with Crippen LogP contribution < -0.4 is 5.72 Å². The molecule has 2 N–H and O–H groups in total. The summed E-state index contributed by atoms with van der Waals surface area (Å²) in [5.41, 5.74) is 1.65. The number of hydrogen-bond donors (Lipinski definition) is 1. The summed E-state index contributed by atoms with van der Waals surface area (Å²) in [4.78, 5) is 0. The minimum Gasteiger partial charge on any atom is -0.382 e. The van der Waals surface area contributed by atoms with Gasteiger partial charge < -0.3 is 5.72 Å². The Morgan fingerprint density at radius 3 is 2.85 bits per heavy atom. The Morgan fingerprint density at radius 2 is 2.15 bits per heavy atom. The molecule has 0 unspecified atom stereocenters. The number of hydrogen-bond acceptors (Lipinski definition) is 2. The van der Waals surface area contributed by atoms with Crippen LogP contribution in [-0.4, -0.2) is 9.78 Å². The summed E-state index contributed by atoms with van der Waals surface area (Å²) in [6.07, 6.45) is 1.76. The zero-order chi connectivity index (χ0) is 10.7. The summed E-state index contributed by atoms with van der Waals surface area (Å²) in [6.45, 7) is 0.661. The van der Waals surface area contributed by atoms with E-state index in [1.807, 2.05) is 30.3 Å². The Bertz CT molecular complexity index is 425. The van der Waals surface area contributed by atoms with E-state index >= 15 is 0 Å². The van der Waals surface area contributed by atoms with E-state index in [-0.39, 0.29) is 0 Å². The van der Waals surface area contributed by atoms with Crippen molar-refractivity contribution in [1.29, 1.82) is 0 Å². The van der Waals surface area contributed by atoms with Crippen LogP contribution in [0.25, 0.3) is 0 Å². The van der Waals surface area contributed by atoms with E-state index in [0.717, 1.165) is 5.56 Å². The molecule has 1 aromatic carbocycles. The fraction of sp³-hybridized carbons (Fsp3) is 0.100. The van der Waals surface area contributed by atoms with Gasteiger partial charge in [0.25, 0.3) is 0 Å². The quantitative estimate of drug-likeness (QED) is 0.768. The number of aromatic nitrogens is 2. The van der Waals surface area contributed by atoms with Gasteiger partial charge >= 0.3 is 0 Å². The summed E-state index contributed by atoms with van der Waals surface area (Å²) < 4.78 is 15.8. The smallest absolute Gasteiger partial charge is 0.158 e. The summed E-state index contributed by atoms with van der Waals surface area (Å²) in [7, 11) is 0. The molecule has 1 aromatic heterocycles. The number of rotatable bonds is 3. The van der Waals surface area contributed by atoms with Crippen molar-refractivity contribution in [2.75, 3.05) is 5.72 Å². The normalized spacial score (nSPS) is 12.0. The van der Waals surface area contributed by atoms with E-state index in [0.29, 0.717) is 18.1 Å². The zero-order valence-electron chi connectivity index (χ0n) is 9.09. The van der Waals surface area contributed by atoms with Crippen LogP contribution in [0.3, 0.4) is 0 Å². The largest absolute Gasteiger partial charge is 0.382 e. The van der Waals surface area contributed by atoms with Gasteiger partial charge in [-0.2, -0.15) is 5.10 Å². The number of benzene rings is 1. The molecule has 0 fully saturated rings. The SMILES string of the molecule is [2H]N([2H])c1ccn(Cc2ccccc2)n1. The van der Waals surface area contributed by atoms with Gasteiger partial charge in [-0.15, -0.1) is 0 Å². The van der Waals surface area contributed by atoms with E-state index in [1.165, 1.54) is 0 Å². The Hall–Kier alpha value is -1.77. The molecule has 66 valence electrons. The summed E-state index contributed by atoms with van der Waals surface area (Å²) in [5.74, 6) is 0.325. The second-order valence-corrected chi connectivity index (χ2v) is 2.86. The van der Waals surface area contributed by atoms with Crippen molar-refractivity contribution < 1.29 is 2.82 Å². The van der Waals surface area contributed by atoms with Crippen molar-refractivity contribution in [1.82, 2.24) is 9.78 Å². The van der Waals surface area contributed by atoms with Gasteiger partial charge in [0, 0.05) is 6.20 Å². The molecular formula is C10H11N3. The fourth-order valence-electron chi connectivity index (χ4n) is 1.21. The van der Waals surface area contributed by atoms with Gasteiger partial charge in [-0.25, -0.2) is 0 Å². The van der Waals surface area contributed by atoms with E-state index in [4.69, 9.17) is 2.82 Å². The van der Waals surface area contributed by atoms with Gasteiger partial charge in [0.2, 0.25) is 0 Å². The molecule has 0 atom stereocenters. The number of nitrogens with zero attached hydrogens (tertiary/aromatic N) is 2. The Labute approximate surface area is 79.7 Å². The first-order chi connectivity index (χ1) is 7.25. The van der Waals surface area contributed by atoms with Gasteiger partial charge in [-0.3, -0.25) is 4.68 Å². The second kappa shape index (κ2) is 3.31. The molecule has 0 spiro atoms. The van der Waals surface area contributed by atoms with Crippen LogP contribution in [-0.2, 0) is 6.54 Å². The van der Waals surface area contributed by atoms with Gasteiger partial charge in [0.05, 0.1) is 6.54 Å². The maximum absolute atomic E-state index is 7.04. The monoisotopic (exact) mass is 175 g/mol. The highest BCUT2D eigenvalue weighted by atomic mass is 15.3. The summed E-state index contributed by atoms with van der Waals surface area (Å²) in [6, 6.07) is 11.6. The van der Waals surface area contributed by atoms with Crippen LogP contribution in [0, 0.1) is 0 Å². The van der Waals surface area contributed by atoms with Gasteiger partial charge in [0.1, 0.15) is 5.82 Å². The topological polar surface area (TPSA) is 43.8 Å². The van der Waals surface area contributed by atoms with Crippen LogP contribution >= 0.6 is 0 Å². The Morgan fingerprint density at radius 1 is 1.31 bits per heavy atom. The zero-order valence-corrected chi connectivity index (χ0v) is 7.09. The van der Waals surface area contributed by atoms with Crippen molar-refractivity contribution in [2.45, 2.75) is 6.54 Å². The lowest BCUT2D eigenvalue weighted by atomic mass is 10.2. The number of anilines is 1. The van der Waals surface area contributed by atoms with E-state index in [2.05, 4.69) is 5.10 Å². The first-order valence-corrected chi connectivity index (χ1v) is 4.11. The number of nitrogen functional groups attached to an aromatic ring is 1. The minimum absolute atomic E-state index is 0.325. The molecule has 2 aromatic rings. The minimum atomic E-state index is 0.325. The van der Waals surface area contributed by atoms with Crippen molar-refractivity contribution in [3.8, 4) is 0 Å². The first-order valence-electron chi connectivity index (χ1n) is 5.00. The molecule has 1 heterocycles. The van der Waals surface area contributed by atoms with Crippen LogP contribution in [0.4, 0.5) is 5.82 Å². The molecule has 2 rings (SSSR count). The summed E-state index contributed by atoms with van der Waals surface area (Å²) in [5, 5.41) is 4.07. The van der Waals surface area contributed by atoms with Crippen LogP contribution in [0.5, 0.6) is 0 Å². The Balaban J connectivity index is 2.12. The third-order valence-electron chi connectivity index (χ3n) is 1.81. The van der Waals surface area contributed by atoms with Crippen LogP contribution in [0.2, 0.25) is 2.82 Å². The number of nitrogens with two attached hydrogens (primary N) is 1. The van der Waals surface area contributed by atoms with Gasteiger partial charge in [-0.05, 0) is 11.6 Å². The average molecular weight is 175 g/mol. The third-order valence-corrected chi connectivity index (χ3v) is 1.81. The average Bonchev–Trinajstić information content (AvgIpc) is 2.68. The maximum Gasteiger partial charge on any atom is 0.158 e. The molecular weight excluding hydrogens is 162 g/mol. The lowest BCUT2D eigenvalue weighted by Gasteiger charge is -2.00. The van der Waals surface area contributed by atoms with Crippen molar-refractivity contribution in [3.63, 3.8) is 0 Å². The molecule has 3 heteroatoms. The van der Waals surface area contributed by atoms with Crippen LogP contribution in [0.1, 0.15) is 5.56 Å². The molecule has 0 aliphatic heterocycles. The van der Waals surface area contributed by atoms with E-state index in [9.17, 15) is 0 Å². The lowest BCUT2D eigenvalue weighted by molar-refractivity contribution is 0.690. The third kappa shape index (κ3) is 1.87. The highest BCUT2D eigenvalue weighted by Gasteiger charge is 1.95. The first kappa shape index (κ1) is 5.80. The fourth-order valence-corrected chi connectivity index (χ4v) is 1.21. The maximum atomic E-state index is 7.04. The van der Waals surface area contributed by atoms with Gasteiger partial charge in [0.15, 0.2) is 2.82 Å². The highest BCUT2D eigenvalue weighted by Crippen LogP contribution is 2.03. The molecule has 0 radical (unpaired) electrons. The van der Waals surface area contributed by atoms with Crippen molar-refractivity contribution in [2.24, 2.45) is 0 Å². The lowest BCUT2D eigenvalue weighted by Crippen LogP contribution is -2.00. The highest BCUT2D eigenvalue weighted by molar-refractivity contribution is 5.24. The molecule has 3 nitrogen and oxygen atoms in total. The van der Waals surface area contributed by atoms with Crippen molar-refractivity contribution >= 4 is 5.82 Å². The van der Waals surface area contributed by atoms with E-state index in [1.54, 1.807) is 16.9 Å². The van der Waals surface area contributed by atoms with Crippen molar-refractivity contribution in [3.05, 3.63) is 48.2 Å². The predicted octanol–water partition coefficient (Wildman–Crippen LogP) is 1.51. The molecule has 0 aliphatic carbocycles. The summed E-state index contributed by atoms with van der Waals surface area (Å²) >= 11 is 0. The van der Waals surface area contributed by atoms with E-state index < -0.39 is 0 Å². The standard InChI is InChI=1S/C10H11N3/c11-10-6-7-13(12-10)8-9-4-2-1-3-5-9/h1-7H,8H2,(H2,11,12)/i/hD2. The second-order valence-electron chi connectivity index (χ2n) is 2.86. The molecule has 13 heavy (non-hydrogen) atoms. The van der Waals surface area contributed by atoms with Gasteiger partial charge in [-0.1, -0.05) is 30.3 Å². The predicted molar refractivity (Wildman–Crippen MR) is 52.2 cm³/mol. The molecule has 0 saturated heterocycles. The molecule has 0 bridgehead atoms. The molecule has 0 saturated carbocycles. The van der Waals surface area contributed by atoms with Crippen LogP contribution in [0.15, 0.2) is 42.6 Å². The molecule has 0 amide bonds. The Kier molecular flexibility index (Phi) is 1.48. The molecule has 0 aliphatic rings.